The summed E-state index contributed by atoms with van der Waals surface area (Å²) in [6.07, 6.45) is 14.3. The van der Waals surface area contributed by atoms with Gasteiger partial charge in [-0.1, -0.05) is 31.9 Å². The van der Waals surface area contributed by atoms with E-state index < -0.39 is 0 Å². The highest BCUT2D eigenvalue weighted by Crippen LogP contribution is 2.26. The summed E-state index contributed by atoms with van der Waals surface area (Å²) in [5.41, 5.74) is 0. The van der Waals surface area contributed by atoms with Crippen LogP contribution in [0.3, 0.4) is 0 Å². The van der Waals surface area contributed by atoms with Crippen LogP contribution in [-0.2, 0) is 0 Å². The van der Waals surface area contributed by atoms with E-state index in [1.54, 1.807) is 0 Å². The number of hydrogen-bond acceptors (Lipinski definition) is 0. The Bertz CT molecular complexity index is 116. The van der Waals surface area contributed by atoms with Crippen molar-refractivity contribution in [3.63, 3.8) is 0 Å². The van der Waals surface area contributed by atoms with Crippen molar-refractivity contribution in [3.05, 3.63) is 12.2 Å². The van der Waals surface area contributed by atoms with E-state index in [9.17, 15) is 0 Å². The first-order valence-electron chi connectivity index (χ1n) is 5.57. The monoisotopic (exact) mass is 200 g/mol. The molecule has 0 nitrogen and oxygen atoms in total. The van der Waals surface area contributed by atoms with Gasteiger partial charge in [0.05, 0.1) is 0 Å². The summed E-state index contributed by atoms with van der Waals surface area (Å²) >= 11 is 0. The van der Waals surface area contributed by atoms with Gasteiger partial charge in [0.1, 0.15) is 0 Å². The summed E-state index contributed by atoms with van der Waals surface area (Å²) in [6.45, 7) is 6.94. The zero-order chi connectivity index (χ0) is 9.94. The van der Waals surface area contributed by atoms with Crippen LogP contribution in [0.15, 0.2) is 12.2 Å². The van der Waals surface area contributed by atoms with Crippen molar-refractivity contribution in [2.24, 2.45) is 0 Å². The highest BCUT2D eigenvalue weighted by atomic mass is 31.1. The Morgan fingerprint density at radius 3 is 2.23 bits per heavy atom. The van der Waals surface area contributed by atoms with Crippen LogP contribution in [-0.4, -0.2) is 19.5 Å². The van der Waals surface area contributed by atoms with E-state index in [1.165, 1.54) is 44.7 Å². The van der Waals surface area contributed by atoms with Crippen LogP contribution in [0, 0.1) is 0 Å². The molecule has 1 heteroatoms. The molecule has 0 rings (SSSR count). The quantitative estimate of drug-likeness (QED) is 0.304. The van der Waals surface area contributed by atoms with Gasteiger partial charge in [0.15, 0.2) is 0 Å². The summed E-state index contributed by atoms with van der Waals surface area (Å²) < 4.78 is 0. The second-order valence-corrected chi connectivity index (χ2v) is 6.49. The predicted octanol–water partition coefficient (Wildman–Crippen LogP) is 4.64. The molecule has 0 atom stereocenters. The number of allylic oxidation sites excluding steroid dienone is 2. The Kier molecular flexibility index (Phi) is 10.4. The lowest BCUT2D eigenvalue weighted by Gasteiger charge is -2.03. The van der Waals surface area contributed by atoms with Gasteiger partial charge in [-0.15, -0.1) is 7.92 Å². The average Bonchev–Trinajstić information content (AvgIpc) is 2.09. The lowest BCUT2D eigenvalue weighted by molar-refractivity contribution is 0.676. The van der Waals surface area contributed by atoms with Crippen molar-refractivity contribution in [2.45, 2.75) is 45.4 Å². The summed E-state index contributed by atoms with van der Waals surface area (Å²) in [5.74, 6) is 0. The highest BCUT2D eigenvalue weighted by molar-refractivity contribution is 7.55. The Morgan fingerprint density at radius 1 is 0.923 bits per heavy atom. The van der Waals surface area contributed by atoms with Crippen LogP contribution < -0.4 is 0 Å². The molecule has 0 aromatic rings. The molecule has 0 unspecified atom stereocenters. The first kappa shape index (κ1) is 13.2. The van der Waals surface area contributed by atoms with E-state index in [0.717, 1.165) is 0 Å². The molecule has 0 spiro atoms. The number of unbranched alkanes of at least 4 members (excludes halogenated alkanes) is 4. The second kappa shape index (κ2) is 10.3. The van der Waals surface area contributed by atoms with Gasteiger partial charge in [0.25, 0.3) is 0 Å². The molecule has 0 aromatic heterocycles. The summed E-state index contributed by atoms with van der Waals surface area (Å²) in [6, 6.07) is 0. The lowest BCUT2D eigenvalue weighted by Crippen LogP contribution is -1.83. The highest BCUT2D eigenvalue weighted by Gasteiger charge is 1.92. The van der Waals surface area contributed by atoms with Gasteiger partial charge in [-0.3, -0.25) is 0 Å². The van der Waals surface area contributed by atoms with Crippen molar-refractivity contribution in [3.8, 4) is 0 Å². The Hall–Kier alpha value is 0.170. The molecule has 78 valence electrons. The third-order valence-corrected chi connectivity index (χ3v) is 3.34. The first-order valence-corrected chi connectivity index (χ1v) is 7.99. The molecule has 0 amide bonds. The SMILES string of the molecule is CC/C=C/CCCCCCP(C)C. The van der Waals surface area contributed by atoms with Crippen molar-refractivity contribution in [1.29, 1.82) is 0 Å². The van der Waals surface area contributed by atoms with Crippen LogP contribution in [0.2, 0.25) is 0 Å². The molecule has 0 aliphatic carbocycles. The van der Waals surface area contributed by atoms with Crippen LogP contribution in [0.5, 0.6) is 0 Å². The van der Waals surface area contributed by atoms with Gasteiger partial charge in [-0.2, -0.15) is 0 Å². The van der Waals surface area contributed by atoms with E-state index in [0.29, 0.717) is 7.92 Å². The molecule has 0 aliphatic rings. The fourth-order valence-corrected chi connectivity index (χ4v) is 2.18. The maximum Gasteiger partial charge on any atom is -0.0331 e. The minimum absolute atomic E-state index is 0.355. The van der Waals surface area contributed by atoms with Gasteiger partial charge < -0.3 is 0 Å². The van der Waals surface area contributed by atoms with Crippen molar-refractivity contribution < 1.29 is 0 Å². The van der Waals surface area contributed by atoms with Crippen molar-refractivity contribution in [1.82, 2.24) is 0 Å². The topological polar surface area (TPSA) is 0 Å². The van der Waals surface area contributed by atoms with Crippen molar-refractivity contribution >= 4 is 7.92 Å². The Balaban J connectivity index is 2.95. The van der Waals surface area contributed by atoms with E-state index in [4.69, 9.17) is 0 Å². The van der Waals surface area contributed by atoms with Gasteiger partial charge >= 0.3 is 0 Å². The van der Waals surface area contributed by atoms with Crippen LogP contribution in [0.25, 0.3) is 0 Å². The second-order valence-electron chi connectivity index (χ2n) is 3.89. The molecule has 0 bridgehead atoms. The molecule has 0 aliphatic heterocycles. The molecule has 0 aromatic carbocycles. The molecule has 0 heterocycles. The van der Waals surface area contributed by atoms with E-state index in [2.05, 4.69) is 32.4 Å². The molecular weight excluding hydrogens is 175 g/mol. The first-order chi connectivity index (χ1) is 6.27. The zero-order valence-electron chi connectivity index (χ0n) is 9.55. The third-order valence-electron chi connectivity index (χ3n) is 2.13. The third kappa shape index (κ3) is 12.2. The van der Waals surface area contributed by atoms with Crippen LogP contribution >= 0.6 is 7.92 Å². The molecule has 0 N–H and O–H groups in total. The smallest absolute Gasteiger partial charge is 0.0331 e. The van der Waals surface area contributed by atoms with Gasteiger partial charge in [0.2, 0.25) is 0 Å². The summed E-state index contributed by atoms with van der Waals surface area (Å²) in [4.78, 5) is 0. The molecule has 0 radical (unpaired) electrons. The minimum Gasteiger partial charge on any atom is -0.113 e. The zero-order valence-corrected chi connectivity index (χ0v) is 10.4. The van der Waals surface area contributed by atoms with Crippen molar-refractivity contribution in [2.75, 3.05) is 19.5 Å². The maximum absolute atomic E-state index is 2.37. The fourth-order valence-electron chi connectivity index (χ4n) is 1.33. The van der Waals surface area contributed by atoms with Crippen LogP contribution in [0.4, 0.5) is 0 Å². The number of hydrogen-bond donors (Lipinski definition) is 0. The largest absolute Gasteiger partial charge is 0.113 e. The average molecular weight is 200 g/mol. The molecule has 0 fully saturated rings. The summed E-state index contributed by atoms with van der Waals surface area (Å²) in [7, 11) is 0.355. The predicted molar refractivity (Wildman–Crippen MR) is 66.2 cm³/mol. The normalized spacial score (nSPS) is 11.7. The Morgan fingerprint density at radius 2 is 1.62 bits per heavy atom. The molecule has 13 heavy (non-hydrogen) atoms. The van der Waals surface area contributed by atoms with E-state index in [-0.39, 0.29) is 0 Å². The summed E-state index contributed by atoms with van der Waals surface area (Å²) in [5, 5.41) is 0. The minimum atomic E-state index is 0.355. The number of rotatable bonds is 8. The Labute approximate surface area is 85.6 Å². The maximum atomic E-state index is 2.37. The molecule has 0 saturated heterocycles. The van der Waals surface area contributed by atoms with Gasteiger partial charge in [0, 0.05) is 0 Å². The standard InChI is InChI=1S/C12H25P/c1-4-5-6-7-8-9-10-11-12-13(2)3/h5-6H,4,7-12H2,1-3H3/b6-5+. The molecular formula is C12H25P. The fraction of sp³-hybridized carbons (Fsp3) is 0.833. The van der Waals surface area contributed by atoms with Crippen LogP contribution in [0.1, 0.15) is 45.4 Å². The van der Waals surface area contributed by atoms with E-state index >= 15 is 0 Å². The van der Waals surface area contributed by atoms with Gasteiger partial charge in [-0.05, 0) is 45.2 Å². The van der Waals surface area contributed by atoms with E-state index in [1.807, 2.05) is 0 Å². The van der Waals surface area contributed by atoms with Gasteiger partial charge in [-0.25, -0.2) is 0 Å². The molecule has 0 saturated carbocycles. The lowest BCUT2D eigenvalue weighted by atomic mass is 10.1.